The average molecular weight is 531 g/mol. The number of hydrogen-bond acceptors (Lipinski definition) is 9. The minimum atomic E-state index is -4.32. The van der Waals surface area contributed by atoms with E-state index in [4.69, 9.17) is 9.05 Å². The highest BCUT2D eigenvalue weighted by atomic mass is 31.2. The molecule has 1 aliphatic rings. The lowest BCUT2D eigenvalue weighted by atomic mass is 9.87. The molecule has 0 radical (unpaired) electrons. The maximum absolute atomic E-state index is 12.1. The van der Waals surface area contributed by atoms with Crippen LogP contribution in [-0.4, -0.2) is 90.7 Å². The van der Waals surface area contributed by atoms with Crippen LogP contribution in [0.1, 0.15) is 50.8 Å². The molecule has 3 atom stereocenters. The summed E-state index contributed by atoms with van der Waals surface area (Å²) in [5, 5.41) is 28.3. The van der Waals surface area contributed by atoms with Crippen molar-refractivity contribution >= 4 is 25.7 Å². The summed E-state index contributed by atoms with van der Waals surface area (Å²) >= 11 is 0. The number of carbonyl (C=O) groups is 3. The van der Waals surface area contributed by atoms with E-state index < -0.39 is 57.0 Å². The summed E-state index contributed by atoms with van der Waals surface area (Å²) in [5.74, 6) is -3.46. The van der Waals surface area contributed by atoms with Gasteiger partial charge in [0.05, 0.1) is 38.0 Å². The van der Waals surface area contributed by atoms with Crippen LogP contribution in [0.5, 0.6) is 0 Å². The van der Waals surface area contributed by atoms with Crippen molar-refractivity contribution < 1.29 is 48.2 Å². The quantitative estimate of drug-likeness (QED) is 0.240. The lowest BCUT2D eigenvalue weighted by molar-refractivity contribution is -0.146. The molecule has 4 N–H and O–H groups in total. The van der Waals surface area contributed by atoms with Crippen molar-refractivity contribution in [3.63, 3.8) is 0 Å². The van der Waals surface area contributed by atoms with E-state index >= 15 is 0 Å². The molecule has 1 heterocycles. The molecular weight excluding hydrogens is 497 g/mol. The fourth-order valence-electron chi connectivity index (χ4n) is 4.43. The van der Waals surface area contributed by atoms with Crippen molar-refractivity contribution in [1.29, 1.82) is 0 Å². The Balaban J connectivity index is 2.31. The number of rotatable bonds is 15. The van der Waals surface area contributed by atoms with E-state index in [1.165, 1.54) is 11.1 Å². The second-order valence-electron chi connectivity index (χ2n) is 8.92. The molecule has 1 aliphatic carbocycles. The Kier molecular flexibility index (Phi) is 11.4. The molecular formula is C22H34N3O10P. The number of carboxylic acids is 3. The fourth-order valence-corrected chi connectivity index (χ4v) is 5.33. The lowest BCUT2D eigenvalue weighted by Crippen LogP contribution is -2.56. The van der Waals surface area contributed by atoms with Gasteiger partial charge in [0.2, 0.25) is 0 Å². The van der Waals surface area contributed by atoms with Gasteiger partial charge < -0.3 is 20.2 Å². The number of aromatic nitrogens is 1. The van der Waals surface area contributed by atoms with Crippen LogP contribution in [0.2, 0.25) is 0 Å². The van der Waals surface area contributed by atoms with E-state index in [0.717, 1.165) is 12.8 Å². The summed E-state index contributed by atoms with van der Waals surface area (Å²) in [7, 11) is -4.32. The Morgan fingerprint density at radius 3 is 2.08 bits per heavy atom. The van der Waals surface area contributed by atoms with Gasteiger partial charge in [-0.15, -0.1) is 0 Å². The van der Waals surface area contributed by atoms with Crippen molar-refractivity contribution in [2.75, 3.05) is 19.6 Å². The lowest BCUT2D eigenvalue weighted by Gasteiger charge is -2.43. The SMILES string of the molecule is CC(C)OP(=O)(O)OCc1cccnc1CN(CC(=O)O)[C@H]1CCCCC1N(CC(=O)O)CC(=O)O. The van der Waals surface area contributed by atoms with Crippen LogP contribution in [0, 0.1) is 0 Å². The maximum Gasteiger partial charge on any atom is 0.472 e. The molecule has 0 spiro atoms. The first-order valence-electron chi connectivity index (χ1n) is 11.6. The molecule has 0 bridgehead atoms. The van der Waals surface area contributed by atoms with Gasteiger partial charge in [-0.1, -0.05) is 18.9 Å². The summed E-state index contributed by atoms with van der Waals surface area (Å²) in [6, 6.07) is 2.31. The Bertz CT molecular complexity index is 944. The fraction of sp³-hybridized carbons (Fsp3) is 0.636. The Hall–Kier alpha value is -2.41. The highest BCUT2D eigenvalue weighted by molar-refractivity contribution is 7.47. The predicted octanol–water partition coefficient (Wildman–Crippen LogP) is 1.79. The topological polar surface area (TPSA) is 187 Å². The van der Waals surface area contributed by atoms with Crippen molar-refractivity contribution in [2.45, 2.75) is 70.9 Å². The zero-order chi connectivity index (χ0) is 26.9. The molecule has 1 aromatic heterocycles. The van der Waals surface area contributed by atoms with Gasteiger partial charge in [-0.25, -0.2) is 4.57 Å². The van der Waals surface area contributed by atoms with Gasteiger partial charge in [0, 0.05) is 30.4 Å². The highest BCUT2D eigenvalue weighted by Crippen LogP contribution is 2.45. The second kappa shape index (κ2) is 13.8. The third-order valence-electron chi connectivity index (χ3n) is 5.71. The summed E-state index contributed by atoms with van der Waals surface area (Å²) in [5.41, 5.74) is 0.866. The first kappa shape index (κ1) is 29.8. The van der Waals surface area contributed by atoms with Gasteiger partial charge in [0.1, 0.15) is 0 Å². The molecule has 2 unspecified atom stereocenters. The zero-order valence-corrected chi connectivity index (χ0v) is 21.2. The smallest absolute Gasteiger partial charge is 0.472 e. The van der Waals surface area contributed by atoms with Gasteiger partial charge in [0.25, 0.3) is 0 Å². The maximum atomic E-state index is 12.1. The number of hydrogen-bond donors (Lipinski definition) is 4. The van der Waals surface area contributed by atoms with E-state index in [-0.39, 0.29) is 19.7 Å². The summed E-state index contributed by atoms with van der Waals surface area (Å²) in [6.07, 6.45) is 3.54. The van der Waals surface area contributed by atoms with Gasteiger partial charge in [-0.3, -0.25) is 38.2 Å². The third kappa shape index (κ3) is 9.92. The predicted molar refractivity (Wildman–Crippen MR) is 126 cm³/mol. The molecule has 1 aromatic rings. The third-order valence-corrected chi connectivity index (χ3v) is 6.86. The number of phosphoric ester groups is 1. The van der Waals surface area contributed by atoms with Crippen molar-refractivity contribution in [3.8, 4) is 0 Å². The molecule has 1 fully saturated rings. The number of phosphoric acid groups is 1. The Labute approximate surface area is 209 Å². The largest absolute Gasteiger partial charge is 0.480 e. The number of carboxylic acid groups (broad SMARTS) is 3. The van der Waals surface area contributed by atoms with Gasteiger partial charge >= 0.3 is 25.7 Å². The number of aliphatic carboxylic acids is 3. The zero-order valence-electron chi connectivity index (χ0n) is 20.4. The van der Waals surface area contributed by atoms with Crippen molar-refractivity contribution in [2.24, 2.45) is 0 Å². The molecule has 2 rings (SSSR count). The summed E-state index contributed by atoms with van der Waals surface area (Å²) in [4.78, 5) is 51.8. The van der Waals surface area contributed by atoms with Crippen LogP contribution in [-0.2, 0) is 41.1 Å². The summed E-state index contributed by atoms with van der Waals surface area (Å²) in [6.45, 7) is 1.54. The highest BCUT2D eigenvalue weighted by Gasteiger charge is 2.37. The monoisotopic (exact) mass is 531 g/mol. The minimum absolute atomic E-state index is 0.0295. The molecule has 202 valence electrons. The van der Waals surface area contributed by atoms with Crippen LogP contribution in [0.4, 0.5) is 0 Å². The molecule has 1 saturated carbocycles. The molecule has 0 saturated heterocycles. The minimum Gasteiger partial charge on any atom is -0.480 e. The van der Waals surface area contributed by atoms with Gasteiger partial charge in [-0.05, 0) is 32.8 Å². The van der Waals surface area contributed by atoms with Crippen LogP contribution in [0.15, 0.2) is 18.3 Å². The van der Waals surface area contributed by atoms with Crippen molar-refractivity contribution in [3.05, 3.63) is 29.6 Å². The molecule has 14 heteroatoms. The van der Waals surface area contributed by atoms with E-state index in [2.05, 4.69) is 4.98 Å². The van der Waals surface area contributed by atoms with Gasteiger partial charge in [0.15, 0.2) is 0 Å². The van der Waals surface area contributed by atoms with Crippen molar-refractivity contribution in [1.82, 2.24) is 14.8 Å². The molecule has 13 nitrogen and oxygen atoms in total. The standard InChI is InChI=1S/C22H34N3O10P/c1-15(2)35-36(32,33)34-14-16-6-5-9-23-17(16)10-24(11-20(26)27)18-7-3-4-8-19(18)25(12-21(28)29)13-22(30)31/h5-6,9,15,18-19H,3-4,7-8,10-14H2,1-2H3,(H,26,27)(H,28,29)(H,30,31)(H,32,33)/t18-,19?/m0/s1. The Morgan fingerprint density at radius 2 is 1.56 bits per heavy atom. The van der Waals surface area contributed by atoms with Crippen LogP contribution < -0.4 is 0 Å². The van der Waals surface area contributed by atoms with E-state index in [9.17, 15) is 39.2 Å². The Morgan fingerprint density at radius 1 is 1.03 bits per heavy atom. The molecule has 36 heavy (non-hydrogen) atoms. The second-order valence-corrected chi connectivity index (χ2v) is 10.3. The molecule has 0 amide bonds. The van der Waals surface area contributed by atoms with Crippen LogP contribution in [0.25, 0.3) is 0 Å². The first-order chi connectivity index (χ1) is 16.9. The molecule has 0 aromatic carbocycles. The number of nitrogens with zero attached hydrogens (tertiary/aromatic N) is 3. The summed E-state index contributed by atoms with van der Waals surface area (Å²) < 4.78 is 22.1. The number of pyridine rings is 1. The van der Waals surface area contributed by atoms with E-state index in [1.807, 2.05) is 0 Å². The molecule has 0 aliphatic heterocycles. The first-order valence-corrected chi connectivity index (χ1v) is 13.1. The van der Waals surface area contributed by atoms with Crippen LogP contribution >= 0.6 is 7.82 Å². The average Bonchev–Trinajstić information content (AvgIpc) is 2.76. The van der Waals surface area contributed by atoms with E-state index in [0.29, 0.717) is 24.1 Å². The van der Waals surface area contributed by atoms with Crippen LogP contribution in [0.3, 0.4) is 0 Å². The van der Waals surface area contributed by atoms with Gasteiger partial charge in [-0.2, -0.15) is 0 Å². The van der Waals surface area contributed by atoms with E-state index in [1.54, 1.807) is 30.9 Å². The normalized spacial score (nSPS) is 19.9.